The molecule has 90 valence electrons. The van der Waals surface area contributed by atoms with Gasteiger partial charge in [0.2, 0.25) is 0 Å². The van der Waals surface area contributed by atoms with Gasteiger partial charge in [-0.3, -0.25) is 4.52 Å². The number of aliphatic hydroxyl groups is 3. The van der Waals surface area contributed by atoms with E-state index in [1.165, 1.54) is 0 Å². The highest BCUT2D eigenvalue weighted by Crippen LogP contribution is 2.41. The molecule has 0 spiro atoms. The van der Waals surface area contributed by atoms with Gasteiger partial charge in [0.15, 0.2) is 12.1 Å². The second-order valence-electron chi connectivity index (χ2n) is 3.29. The van der Waals surface area contributed by atoms with E-state index in [2.05, 4.69) is 9.26 Å². The summed E-state index contributed by atoms with van der Waals surface area (Å²) < 4.78 is 19.2. The molecule has 9 heteroatoms. The average Bonchev–Trinajstić information content (AvgIpc) is 2.09. The lowest BCUT2D eigenvalue weighted by atomic mass is 10.0. The third kappa shape index (κ3) is 3.78. The molecule has 1 fully saturated rings. The van der Waals surface area contributed by atoms with E-state index in [0.29, 0.717) is 0 Å². The molecule has 1 aliphatic rings. The zero-order chi connectivity index (χ0) is 11.7. The highest BCUT2D eigenvalue weighted by molar-refractivity contribution is 7.46. The Morgan fingerprint density at radius 1 is 1.53 bits per heavy atom. The molecule has 0 bridgehead atoms. The molecule has 0 saturated carbocycles. The minimum atomic E-state index is -4.82. The molecular weight excluding hydrogens is 231 g/mol. The van der Waals surface area contributed by atoms with E-state index in [0.717, 1.165) is 0 Å². The number of hydrogen-bond donors (Lipinski definition) is 5. The summed E-state index contributed by atoms with van der Waals surface area (Å²) in [6.45, 7) is -0.749. The summed E-state index contributed by atoms with van der Waals surface area (Å²) in [6.07, 6.45) is -2.96. The summed E-state index contributed by atoms with van der Waals surface area (Å²) >= 11 is 0. The minimum Gasteiger partial charge on any atom is -0.391 e. The third-order valence-electron chi connectivity index (χ3n) is 1.97. The molecular formula is C6H13O8P. The molecule has 1 heterocycles. The second kappa shape index (κ2) is 4.44. The van der Waals surface area contributed by atoms with E-state index in [-0.39, 0.29) is 12.8 Å². The van der Waals surface area contributed by atoms with Gasteiger partial charge < -0.3 is 29.8 Å². The molecule has 5 N–H and O–H groups in total. The molecule has 0 radical (unpaired) electrons. The number of aliphatic hydroxyl groups excluding tert-OH is 2. The van der Waals surface area contributed by atoms with Crippen molar-refractivity contribution < 1.29 is 38.9 Å². The largest absolute Gasteiger partial charge is 0.472 e. The van der Waals surface area contributed by atoms with Gasteiger partial charge in [-0.2, -0.15) is 0 Å². The zero-order valence-corrected chi connectivity index (χ0v) is 8.58. The van der Waals surface area contributed by atoms with Gasteiger partial charge in [-0.25, -0.2) is 4.57 Å². The molecule has 1 rings (SSSR count). The monoisotopic (exact) mass is 244 g/mol. The lowest BCUT2D eigenvalue weighted by Crippen LogP contribution is -2.50. The Balaban J connectivity index is 2.66. The summed E-state index contributed by atoms with van der Waals surface area (Å²) in [5.41, 5.74) is 0. The van der Waals surface area contributed by atoms with Gasteiger partial charge in [0.05, 0.1) is 6.61 Å². The van der Waals surface area contributed by atoms with Crippen molar-refractivity contribution in [3.8, 4) is 0 Å². The number of ether oxygens (including phenoxy) is 1. The van der Waals surface area contributed by atoms with Crippen LogP contribution >= 0.6 is 7.82 Å². The first-order chi connectivity index (χ1) is 6.76. The quantitative estimate of drug-likeness (QED) is 0.369. The van der Waals surface area contributed by atoms with Crippen molar-refractivity contribution in [3.63, 3.8) is 0 Å². The predicted molar refractivity (Wildman–Crippen MR) is 45.3 cm³/mol. The molecule has 0 aromatic rings. The molecule has 8 nitrogen and oxygen atoms in total. The van der Waals surface area contributed by atoms with Crippen LogP contribution in [0.15, 0.2) is 0 Å². The molecule has 0 aromatic carbocycles. The van der Waals surface area contributed by atoms with E-state index >= 15 is 0 Å². The fourth-order valence-corrected chi connectivity index (χ4v) is 1.66. The number of rotatable bonds is 3. The highest BCUT2D eigenvalue weighted by atomic mass is 31.2. The molecule has 3 atom stereocenters. The molecule has 2 unspecified atom stereocenters. The topological polar surface area (TPSA) is 137 Å². The Bertz CT molecular complexity index is 264. The Kier molecular flexibility index (Phi) is 3.85. The lowest BCUT2D eigenvalue weighted by molar-refractivity contribution is -0.331. The smallest absolute Gasteiger partial charge is 0.391 e. The van der Waals surface area contributed by atoms with Gasteiger partial charge >= 0.3 is 7.82 Å². The normalized spacial score (nSPS) is 37.9. The molecule has 0 aromatic heterocycles. The van der Waals surface area contributed by atoms with Crippen molar-refractivity contribution in [2.24, 2.45) is 0 Å². The molecule has 0 amide bonds. The fourth-order valence-electron chi connectivity index (χ4n) is 1.21. The van der Waals surface area contributed by atoms with Gasteiger partial charge in [-0.05, 0) is 6.42 Å². The van der Waals surface area contributed by atoms with Crippen LogP contribution in [-0.4, -0.2) is 49.9 Å². The summed E-state index contributed by atoms with van der Waals surface area (Å²) in [4.78, 5) is 17.0. The standard InChI is InChI=1S/C6H13O8P/c7-3-6(9)2-1-4(8)5(13-6)14-15(10,11)12/h4-5,7-9H,1-3H2,(H2,10,11,12)/t4-,5?,6?/m0/s1. The number of hydrogen-bond acceptors (Lipinski definition) is 6. The second-order valence-corrected chi connectivity index (χ2v) is 4.48. The van der Waals surface area contributed by atoms with Crippen molar-refractivity contribution in [2.45, 2.75) is 31.0 Å². The van der Waals surface area contributed by atoms with Crippen LogP contribution in [0.5, 0.6) is 0 Å². The van der Waals surface area contributed by atoms with Gasteiger partial charge in [0.1, 0.15) is 6.10 Å². The van der Waals surface area contributed by atoms with Crippen molar-refractivity contribution >= 4 is 7.82 Å². The third-order valence-corrected chi connectivity index (χ3v) is 2.45. The first-order valence-corrected chi connectivity index (χ1v) is 5.72. The van der Waals surface area contributed by atoms with E-state index < -0.39 is 32.6 Å². The van der Waals surface area contributed by atoms with Crippen LogP contribution in [0.25, 0.3) is 0 Å². The maximum Gasteiger partial charge on any atom is 0.472 e. The summed E-state index contributed by atoms with van der Waals surface area (Å²) in [5, 5.41) is 27.5. The summed E-state index contributed by atoms with van der Waals surface area (Å²) in [6, 6.07) is 0. The maximum absolute atomic E-state index is 10.5. The number of phosphoric acid groups is 1. The highest BCUT2D eigenvalue weighted by Gasteiger charge is 2.42. The first-order valence-electron chi connectivity index (χ1n) is 4.19. The Morgan fingerprint density at radius 3 is 2.60 bits per heavy atom. The van der Waals surface area contributed by atoms with E-state index in [9.17, 15) is 14.8 Å². The Morgan fingerprint density at radius 2 is 2.13 bits per heavy atom. The Labute approximate surface area is 85.3 Å². The van der Waals surface area contributed by atoms with E-state index in [1.54, 1.807) is 0 Å². The average molecular weight is 244 g/mol. The molecule has 1 aliphatic heterocycles. The van der Waals surface area contributed by atoms with Gasteiger partial charge in [0, 0.05) is 6.42 Å². The van der Waals surface area contributed by atoms with Crippen LogP contribution < -0.4 is 0 Å². The molecule has 0 aliphatic carbocycles. The SMILES string of the molecule is O=P(O)(O)OC1OC(O)(CO)CC[C@@H]1O. The summed E-state index contributed by atoms with van der Waals surface area (Å²) in [5.74, 6) is -1.93. The van der Waals surface area contributed by atoms with Crippen molar-refractivity contribution in [1.82, 2.24) is 0 Å². The van der Waals surface area contributed by atoms with Crippen LogP contribution in [0.4, 0.5) is 0 Å². The maximum atomic E-state index is 10.5. The zero-order valence-electron chi connectivity index (χ0n) is 7.68. The van der Waals surface area contributed by atoms with Crippen LogP contribution in [0.3, 0.4) is 0 Å². The summed E-state index contributed by atoms with van der Waals surface area (Å²) in [7, 11) is -4.82. The molecule has 1 saturated heterocycles. The molecule has 15 heavy (non-hydrogen) atoms. The predicted octanol–water partition coefficient (Wildman–Crippen LogP) is -1.73. The van der Waals surface area contributed by atoms with Gasteiger partial charge in [-0.1, -0.05) is 0 Å². The minimum absolute atomic E-state index is 0.00171. The van der Waals surface area contributed by atoms with Crippen molar-refractivity contribution in [2.75, 3.05) is 6.61 Å². The Hall–Kier alpha value is -0.0500. The van der Waals surface area contributed by atoms with Crippen LogP contribution in [-0.2, 0) is 13.8 Å². The first kappa shape index (κ1) is 13.0. The van der Waals surface area contributed by atoms with Gasteiger partial charge in [-0.15, -0.1) is 0 Å². The number of phosphoric ester groups is 1. The fraction of sp³-hybridized carbons (Fsp3) is 1.00. The van der Waals surface area contributed by atoms with E-state index in [4.69, 9.17) is 14.9 Å². The van der Waals surface area contributed by atoms with Crippen molar-refractivity contribution in [3.05, 3.63) is 0 Å². The van der Waals surface area contributed by atoms with Crippen LogP contribution in [0.2, 0.25) is 0 Å². The van der Waals surface area contributed by atoms with Crippen molar-refractivity contribution in [1.29, 1.82) is 0 Å². The van der Waals surface area contributed by atoms with Crippen LogP contribution in [0, 0.1) is 0 Å². The van der Waals surface area contributed by atoms with E-state index in [1.807, 2.05) is 0 Å². The van der Waals surface area contributed by atoms with Gasteiger partial charge in [0.25, 0.3) is 0 Å². The lowest BCUT2D eigenvalue weighted by Gasteiger charge is -2.38. The van der Waals surface area contributed by atoms with Crippen LogP contribution in [0.1, 0.15) is 12.8 Å².